The summed E-state index contributed by atoms with van der Waals surface area (Å²) in [7, 11) is 8.74. The number of rotatable bonds is 24. The average Bonchev–Trinajstić information content (AvgIpc) is 3.94. The highest BCUT2D eigenvalue weighted by atomic mass is 32.1. The van der Waals surface area contributed by atoms with E-state index in [0.717, 1.165) is 42.9 Å². The zero-order valence-electron chi connectivity index (χ0n) is 38.2. The maximum absolute atomic E-state index is 14.2. The predicted molar refractivity (Wildman–Crippen MR) is 238 cm³/mol. The molecule has 13 nitrogen and oxygen atoms in total. The average molecular weight is 844 g/mol. The van der Waals surface area contributed by atoms with Crippen LogP contribution in [-0.4, -0.2) is 135 Å². The summed E-state index contributed by atoms with van der Waals surface area (Å²) < 4.78 is 12.0. The number of carbonyl (C=O) groups excluding carboxylic acids is 4. The number of likely N-dealkylation sites (tertiary alicyclic amines) is 1. The van der Waals surface area contributed by atoms with E-state index in [9.17, 15) is 19.2 Å². The molecule has 2 aromatic rings. The molecule has 14 heteroatoms. The smallest absolute Gasteiger partial charge is 0.242 e. The van der Waals surface area contributed by atoms with Gasteiger partial charge >= 0.3 is 0 Å². The fraction of sp³-hybridized carbons (Fsp3) is 0.711. The number of carbonyl (C=O) groups is 4. The summed E-state index contributed by atoms with van der Waals surface area (Å²) >= 11 is 1.51. The van der Waals surface area contributed by atoms with Crippen LogP contribution in [0.25, 0.3) is 0 Å². The number of benzene rings is 1. The van der Waals surface area contributed by atoms with E-state index in [1.54, 1.807) is 32.4 Å². The third-order valence-electron chi connectivity index (χ3n) is 11.4. The molecular formula is C45H77N7O6S. The molecule has 1 fully saturated rings. The Morgan fingerprint density at radius 3 is 2.24 bits per heavy atom. The standard InChI is InChI=1S/C42H69N7O6S.C3H8/c1-11-29(4)38(48(8)36(51)27-45-41(53)37(28(2)3)47(7)22-16-20-43-6)34(54-9)26-35(50)49-23-15-19-33(49)39(55-10)30(5)40(52)46-32(42-44-21-24-56-42)25-31-17-13-12-14-18-31;1-3-2/h12-14,17-18,21,24,28-30,32-34,37-39,43H,11,15-16,19-20,22-23,25-27H2,1-10H3,(H,45,53)(H,46,52);3H2,1-2H3. The lowest BCUT2D eigenvalue weighted by Crippen LogP contribution is -2.55. The van der Waals surface area contributed by atoms with Gasteiger partial charge in [-0.05, 0) is 70.3 Å². The first kappa shape index (κ1) is 51.7. The maximum atomic E-state index is 14.2. The van der Waals surface area contributed by atoms with Gasteiger partial charge in [0, 0.05) is 39.4 Å². The van der Waals surface area contributed by atoms with Crippen molar-refractivity contribution in [2.75, 3.05) is 61.5 Å². The number of likely N-dealkylation sites (N-methyl/N-ethyl adjacent to an activating group) is 2. The lowest BCUT2D eigenvalue weighted by atomic mass is 9.90. The number of aromatic nitrogens is 1. The Kier molecular flexibility index (Phi) is 24.0. The molecule has 8 unspecified atom stereocenters. The van der Waals surface area contributed by atoms with Gasteiger partial charge in [0.1, 0.15) is 5.01 Å². The number of nitrogens with zero attached hydrogens (tertiary/aromatic N) is 4. The normalized spacial score (nSPS) is 17.6. The zero-order chi connectivity index (χ0) is 44.1. The van der Waals surface area contributed by atoms with Crippen molar-refractivity contribution < 1.29 is 28.7 Å². The van der Waals surface area contributed by atoms with Gasteiger partial charge in [0.15, 0.2) is 0 Å². The van der Waals surface area contributed by atoms with Gasteiger partial charge in [0.25, 0.3) is 0 Å². The van der Waals surface area contributed by atoms with Gasteiger partial charge in [0.05, 0.1) is 55.3 Å². The molecule has 0 radical (unpaired) electrons. The van der Waals surface area contributed by atoms with E-state index in [1.807, 2.05) is 80.4 Å². The van der Waals surface area contributed by atoms with E-state index in [0.29, 0.717) is 19.4 Å². The second-order valence-electron chi connectivity index (χ2n) is 16.3. The number of amides is 4. The van der Waals surface area contributed by atoms with Crippen molar-refractivity contribution in [1.82, 2.24) is 35.6 Å². The molecule has 1 saturated heterocycles. The first-order valence-corrected chi connectivity index (χ1v) is 22.6. The first-order valence-electron chi connectivity index (χ1n) is 21.7. The van der Waals surface area contributed by atoms with Crippen LogP contribution < -0.4 is 16.0 Å². The summed E-state index contributed by atoms with van der Waals surface area (Å²) in [4.78, 5) is 65.2. The number of methoxy groups -OCH3 is 2. The Hall–Kier alpha value is -3.43. The minimum absolute atomic E-state index is 0.00519. The van der Waals surface area contributed by atoms with Crippen LogP contribution in [0.5, 0.6) is 0 Å². The topological polar surface area (TPSA) is 145 Å². The Bertz CT molecular complexity index is 1500. The summed E-state index contributed by atoms with van der Waals surface area (Å²) in [6, 6.07) is 8.62. The number of nitrogens with one attached hydrogen (secondary N) is 3. The van der Waals surface area contributed by atoms with Crippen LogP contribution in [0.15, 0.2) is 41.9 Å². The quantitative estimate of drug-likeness (QED) is 0.116. The van der Waals surface area contributed by atoms with E-state index in [2.05, 4.69) is 48.6 Å². The Morgan fingerprint density at radius 2 is 1.68 bits per heavy atom. The Balaban J connectivity index is 0.00000387. The van der Waals surface area contributed by atoms with Crippen molar-refractivity contribution in [2.24, 2.45) is 17.8 Å². The summed E-state index contributed by atoms with van der Waals surface area (Å²) in [5.74, 6) is -1.19. The van der Waals surface area contributed by atoms with Crippen molar-refractivity contribution in [3.63, 3.8) is 0 Å². The van der Waals surface area contributed by atoms with E-state index in [1.165, 1.54) is 17.8 Å². The van der Waals surface area contributed by atoms with Crippen molar-refractivity contribution in [1.29, 1.82) is 0 Å². The van der Waals surface area contributed by atoms with E-state index in [-0.39, 0.29) is 66.6 Å². The SMILES string of the molecule is CCC.CCC(C)C(C(CC(=O)N1CCCC1C(OC)C(C)C(=O)NC(Cc1ccccc1)c1nccs1)OC)N(C)C(=O)CNC(=O)C(C(C)C)N(C)CCCNC. The highest BCUT2D eigenvalue weighted by Crippen LogP contribution is 2.30. The third kappa shape index (κ3) is 15.8. The molecule has 0 aliphatic carbocycles. The molecule has 0 bridgehead atoms. The monoisotopic (exact) mass is 844 g/mol. The lowest BCUT2D eigenvalue weighted by Gasteiger charge is -2.39. The molecule has 1 aliphatic heterocycles. The zero-order valence-corrected chi connectivity index (χ0v) is 39.0. The highest BCUT2D eigenvalue weighted by Gasteiger charge is 2.42. The molecule has 1 aromatic heterocycles. The molecule has 1 aliphatic rings. The van der Waals surface area contributed by atoms with Crippen molar-refractivity contribution in [3.05, 3.63) is 52.5 Å². The Morgan fingerprint density at radius 1 is 1.00 bits per heavy atom. The van der Waals surface area contributed by atoms with Gasteiger partial charge in [0.2, 0.25) is 23.6 Å². The molecule has 2 heterocycles. The van der Waals surface area contributed by atoms with Crippen molar-refractivity contribution >= 4 is 35.0 Å². The first-order chi connectivity index (χ1) is 28.2. The number of thiazole rings is 1. The largest absolute Gasteiger partial charge is 0.379 e. The van der Waals surface area contributed by atoms with Crippen LogP contribution in [0.4, 0.5) is 0 Å². The van der Waals surface area contributed by atoms with Crippen LogP contribution in [0.2, 0.25) is 0 Å². The molecule has 0 saturated carbocycles. The van der Waals surface area contributed by atoms with E-state index >= 15 is 0 Å². The molecule has 59 heavy (non-hydrogen) atoms. The minimum atomic E-state index is -0.594. The van der Waals surface area contributed by atoms with Gasteiger partial charge in [-0.15, -0.1) is 11.3 Å². The molecule has 4 amide bonds. The fourth-order valence-electron chi connectivity index (χ4n) is 8.13. The van der Waals surface area contributed by atoms with Crippen LogP contribution in [0.1, 0.15) is 104 Å². The number of ether oxygens (including phenoxy) is 2. The second-order valence-corrected chi connectivity index (χ2v) is 17.2. The van der Waals surface area contributed by atoms with Crippen molar-refractivity contribution in [3.8, 4) is 0 Å². The summed E-state index contributed by atoms with van der Waals surface area (Å²) in [5, 5.41) is 12.0. The molecule has 3 rings (SSSR count). The Labute approximate surface area is 359 Å². The molecule has 8 atom stereocenters. The fourth-order valence-corrected chi connectivity index (χ4v) is 8.82. The van der Waals surface area contributed by atoms with Gasteiger partial charge < -0.3 is 35.2 Å². The number of hydrogen-bond acceptors (Lipinski definition) is 10. The summed E-state index contributed by atoms with van der Waals surface area (Å²) in [5.41, 5.74) is 1.09. The van der Waals surface area contributed by atoms with Crippen LogP contribution in [0, 0.1) is 17.8 Å². The van der Waals surface area contributed by atoms with Crippen LogP contribution >= 0.6 is 11.3 Å². The summed E-state index contributed by atoms with van der Waals surface area (Å²) in [6.07, 6.45) is 5.67. The molecule has 1 aromatic carbocycles. The van der Waals surface area contributed by atoms with Crippen LogP contribution in [-0.2, 0) is 35.1 Å². The lowest BCUT2D eigenvalue weighted by molar-refractivity contribution is -0.146. The van der Waals surface area contributed by atoms with E-state index in [4.69, 9.17) is 9.47 Å². The maximum Gasteiger partial charge on any atom is 0.242 e. The van der Waals surface area contributed by atoms with Gasteiger partial charge in [-0.1, -0.05) is 91.6 Å². The molecule has 334 valence electrons. The molecule has 3 N–H and O–H groups in total. The van der Waals surface area contributed by atoms with Crippen LogP contribution in [0.3, 0.4) is 0 Å². The van der Waals surface area contributed by atoms with Crippen molar-refractivity contribution in [2.45, 2.75) is 130 Å². The molecule has 0 spiro atoms. The molecular weight excluding hydrogens is 767 g/mol. The van der Waals surface area contributed by atoms with Gasteiger partial charge in [-0.2, -0.15) is 0 Å². The minimum Gasteiger partial charge on any atom is -0.379 e. The number of hydrogen-bond donors (Lipinski definition) is 3. The van der Waals surface area contributed by atoms with Gasteiger partial charge in [-0.3, -0.25) is 24.1 Å². The van der Waals surface area contributed by atoms with E-state index < -0.39 is 24.2 Å². The predicted octanol–water partition coefficient (Wildman–Crippen LogP) is 5.56. The summed E-state index contributed by atoms with van der Waals surface area (Å²) in [6.45, 7) is 16.2. The second kappa shape index (κ2) is 27.4. The van der Waals surface area contributed by atoms with Gasteiger partial charge in [-0.25, -0.2) is 4.98 Å². The highest BCUT2D eigenvalue weighted by molar-refractivity contribution is 7.09. The third-order valence-corrected chi connectivity index (χ3v) is 12.3.